The van der Waals surface area contributed by atoms with Crippen molar-refractivity contribution in [2.75, 3.05) is 7.11 Å². The Labute approximate surface area is 149 Å². The average Bonchev–Trinajstić information content (AvgIpc) is 3.28. The molecule has 0 aliphatic carbocycles. The van der Waals surface area contributed by atoms with Gasteiger partial charge in [-0.15, -0.1) is 0 Å². The number of methoxy groups -OCH3 is 1. The van der Waals surface area contributed by atoms with Gasteiger partial charge in [-0.2, -0.15) is 0 Å². The minimum atomic E-state index is 0.839. The Morgan fingerprint density at radius 1 is 0.800 bits per heavy atom. The summed E-state index contributed by atoms with van der Waals surface area (Å²) in [7, 11) is 2.55. The van der Waals surface area contributed by atoms with Crippen LogP contribution in [0.25, 0.3) is 33.8 Å². The van der Waals surface area contributed by atoms with Gasteiger partial charge in [-0.3, -0.25) is 0 Å². The molecular weight excluding hydrogens is 328 g/mol. The van der Waals surface area contributed by atoms with Crippen LogP contribution in [-0.2, 0) is 0 Å². The van der Waals surface area contributed by atoms with Gasteiger partial charge in [0.2, 0.25) is 0 Å². The Hall–Kier alpha value is -2.98. The quantitative estimate of drug-likeness (QED) is 0.526. The van der Waals surface area contributed by atoms with Crippen molar-refractivity contribution in [3.05, 3.63) is 73.2 Å². The van der Waals surface area contributed by atoms with Gasteiger partial charge in [0.1, 0.15) is 17.3 Å². The van der Waals surface area contributed by atoms with E-state index in [1.807, 2.05) is 54.8 Å². The first-order chi connectivity index (χ1) is 12.3. The van der Waals surface area contributed by atoms with Crippen LogP contribution in [0.5, 0.6) is 5.75 Å². The van der Waals surface area contributed by atoms with Crippen LogP contribution in [0.4, 0.5) is 0 Å². The summed E-state index contributed by atoms with van der Waals surface area (Å²) in [6, 6.07) is 20.1. The standard InChI is InChI=1S/C21H18O3Si/c1-22-16-9-7-14(8-10-16)17-11-12-23-21(17)19-18(25)13-24-20(19)15-5-3-2-4-6-15/h2-13H,1,25H3. The van der Waals surface area contributed by atoms with Crippen LogP contribution in [0.3, 0.4) is 0 Å². The first-order valence-corrected chi connectivity index (χ1v) is 9.13. The molecule has 0 fully saturated rings. The van der Waals surface area contributed by atoms with Gasteiger partial charge < -0.3 is 13.6 Å². The smallest absolute Gasteiger partial charge is 0.145 e. The highest BCUT2D eigenvalue weighted by atomic mass is 28.1. The van der Waals surface area contributed by atoms with Gasteiger partial charge in [0, 0.05) is 21.4 Å². The second-order valence-corrected chi connectivity index (χ2v) is 6.96. The van der Waals surface area contributed by atoms with Gasteiger partial charge >= 0.3 is 0 Å². The number of rotatable bonds is 4. The maximum atomic E-state index is 5.89. The molecule has 0 saturated carbocycles. The summed E-state index contributed by atoms with van der Waals surface area (Å²) in [6.07, 6.45) is 3.57. The molecule has 0 bridgehead atoms. The number of ether oxygens (including phenoxy) is 1. The van der Waals surface area contributed by atoms with Crippen molar-refractivity contribution in [2.24, 2.45) is 0 Å². The van der Waals surface area contributed by atoms with Crippen molar-refractivity contribution in [1.82, 2.24) is 0 Å². The molecule has 2 aromatic heterocycles. The summed E-state index contributed by atoms with van der Waals surface area (Å²) in [5.41, 5.74) is 4.24. The highest BCUT2D eigenvalue weighted by Crippen LogP contribution is 2.38. The van der Waals surface area contributed by atoms with Crippen LogP contribution < -0.4 is 9.92 Å². The van der Waals surface area contributed by atoms with E-state index in [-0.39, 0.29) is 0 Å². The van der Waals surface area contributed by atoms with E-state index < -0.39 is 0 Å². The molecule has 0 aliphatic heterocycles. The summed E-state index contributed by atoms with van der Waals surface area (Å²) < 4.78 is 17.0. The van der Waals surface area contributed by atoms with E-state index in [0.717, 1.165) is 49.8 Å². The zero-order chi connectivity index (χ0) is 17.2. The van der Waals surface area contributed by atoms with Crippen LogP contribution in [-0.4, -0.2) is 17.4 Å². The second kappa shape index (κ2) is 6.49. The van der Waals surface area contributed by atoms with Crippen molar-refractivity contribution in [3.8, 4) is 39.5 Å². The van der Waals surface area contributed by atoms with E-state index in [2.05, 4.69) is 12.1 Å². The third-order valence-corrected chi connectivity index (χ3v) is 5.04. The number of hydrogen-bond donors (Lipinski definition) is 0. The molecule has 4 aromatic rings. The Balaban J connectivity index is 1.85. The Kier molecular flexibility index (Phi) is 4.03. The molecule has 3 nitrogen and oxygen atoms in total. The van der Waals surface area contributed by atoms with Crippen LogP contribution in [0.15, 0.2) is 82.0 Å². The molecule has 124 valence electrons. The van der Waals surface area contributed by atoms with Crippen molar-refractivity contribution in [3.63, 3.8) is 0 Å². The molecule has 0 atom stereocenters. The zero-order valence-electron chi connectivity index (χ0n) is 14.2. The van der Waals surface area contributed by atoms with Gasteiger partial charge in [0.05, 0.1) is 25.2 Å². The third kappa shape index (κ3) is 2.81. The molecule has 0 saturated heterocycles. The fourth-order valence-electron chi connectivity index (χ4n) is 3.03. The SMILES string of the molecule is COc1ccc(-c2ccoc2-c2c([SiH3])coc2-c2ccccc2)cc1. The van der Waals surface area contributed by atoms with Crippen molar-refractivity contribution in [2.45, 2.75) is 0 Å². The first kappa shape index (κ1) is 15.5. The molecule has 0 spiro atoms. The van der Waals surface area contributed by atoms with Crippen LogP contribution in [0.2, 0.25) is 0 Å². The predicted molar refractivity (Wildman–Crippen MR) is 103 cm³/mol. The van der Waals surface area contributed by atoms with Gasteiger partial charge in [-0.05, 0) is 28.9 Å². The van der Waals surface area contributed by atoms with Crippen LogP contribution in [0.1, 0.15) is 0 Å². The molecule has 0 amide bonds. The Morgan fingerprint density at radius 2 is 1.56 bits per heavy atom. The largest absolute Gasteiger partial charge is 0.497 e. The maximum Gasteiger partial charge on any atom is 0.145 e. The van der Waals surface area contributed by atoms with Crippen LogP contribution >= 0.6 is 0 Å². The average molecular weight is 346 g/mol. The molecule has 0 aliphatic rings. The highest BCUT2D eigenvalue weighted by molar-refractivity contribution is 6.36. The lowest BCUT2D eigenvalue weighted by Crippen LogP contribution is -2.02. The van der Waals surface area contributed by atoms with Crippen molar-refractivity contribution >= 4 is 15.4 Å². The molecule has 0 radical (unpaired) electrons. The van der Waals surface area contributed by atoms with E-state index in [9.17, 15) is 0 Å². The second-order valence-electron chi connectivity index (χ2n) is 5.88. The van der Waals surface area contributed by atoms with Gasteiger partial charge in [0.25, 0.3) is 0 Å². The lowest BCUT2D eigenvalue weighted by Gasteiger charge is -2.07. The molecule has 0 N–H and O–H groups in total. The van der Waals surface area contributed by atoms with Crippen molar-refractivity contribution < 1.29 is 13.6 Å². The lowest BCUT2D eigenvalue weighted by atomic mass is 10.00. The Bertz CT molecular complexity index is 982. The fourth-order valence-corrected chi connectivity index (χ4v) is 3.60. The number of benzene rings is 2. The van der Waals surface area contributed by atoms with Gasteiger partial charge in [0.15, 0.2) is 0 Å². The van der Waals surface area contributed by atoms with Gasteiger partial charge in [-0.25, -0.2) is 0 Å². The first-order valence-electron chi connectivity index (χ1n) is 8.13. The van der Waals surface area contributed by atoms with E-state index in [1.165, 1.54) is 5.19 Å². The Morgan fingerprint density at radius 3 is 2.28 bits per heavy atom. The summed E-state index contributed by atoms with van der Waals surface area (Å²) in [5.74, 6) is 2.55. The fraction of sp³-hybridized carbons (Fsp3) is 0.0476. The third-order valence-electron chi connectivity index (χ3n) is 4.30. The molecule has 4 rings (SSSR count). The normalized spacial score (nSPS) is 10.9. The van der Waals surface area contributed by atoms with Crippen LogP contribution in [0, 0.1) is 0 Å². The molecule has 4 heteroatoms. The minimum absolute atomic E-state index is 0.839. The zero-order valence-corrected chi connectivity index (χ0v) is 16.2. The van der Waals surface area contributed by atoms with E-state index in [1.54, 1.807) is 13.4 Å². The minimum Gasteiger partial charge on any atom is -0.497 e. The van der Waals surface area contributed by atoms with Gasteiger partial charge in [-0.1, -0.05) is 42.5 Å². The summed E-state index contributed by atoms with van der Waals surface area (Å²) in [6.45, 7) is 0. The topological polar surface area (TPSA) is 35.5 Å². The summed E-state index contributed by atoms with van der Waals surface area (Å²) in [4.78, 5) is 0. The number of hydrogen-bond acceptors (Lipinski definition) is 3. The summed E-state index contributed by atoms with van der Waals surface area (Å²) >= 11 is 0. The highest BCUT2D eigenvalue weighted by Gasteiger charge is 2.21. The van der Waals surface area contributed by atoms with E-state index in [0.29, 0.717) is 0 Å². The lowest BCUT2D eigenvalue weighted by molar-refractivity contribution is 0.415. The van der Waals surface area contributed by atoms with Crippen molar-refractivity contribution in [1.29, 1.82) is 0 Å². The molecule has 25 heavy (non-hydrogen) atoms. The monoisotopic (exact) mass is 346 g/mol. The summed E-state index contributed by atoms with van der Waals surface area (Å²) in [5, 5.41) is 1.18. The number of furan rings is 2. The molecule has 2 aromatic carbocycles. The van der Waals surface area contributed by atoms with E-state index in [4.69, 9.17) is 13.6 Å². The molecule has 2 heterocycles. The predicted octanol–water partition coefficient (Wildman–Crippen LogP) is 3.87. The molecular formula is C21H18O3Si. The maximum absolute atomic E-state index is 5.89. The molecule has 0 unspecified atom stereocenters. The van der Waals surface area contributed by atoms with E-state index >= 15 is 0 Å².